The molecule has 0 aliphatic carbocycles. The van der Waals surface area contributed by atoms with Crippen molar-refractivity contribution < 1.29 is 4.74 Å². The van der Waals surface area contributed by atoms with Crippen molar-refractivity contribution >= 4 is 11.8 Å². The van der Waals surface area contributed by atoms with E-state index in [0.29, 0.717) is 11.4 Å². The van der Waals surface area contributed by atoms with Crippen molar-refractivity contribution in [1.29, 1.82) is 0 Å². The summed E-state index contributed by atoms with van der Waals surface area (Å²) >= 11 is 2.02. The fourth-order valence-electron chi connectivity index (χ4n) is 2.32. The van der Waals surface area contributed by atoms with Gasteiger partial charge in [-0.25, -0.2) is 0 Å². The van der Waals surface area contributed by atoms with Gasteiger partial charge in [0.15, 0.2) is 0 Å². The molecular formula is C16H25NOS. The predicted molar refractivity (Wildman–Crippen MR) is 83.8 cm³/mol. The van der Waals surface area contributed by atoms with E-state index >= 15 is 0 Å². The lowest BCUT2D eigenvalue weighted by atomic mass is 10.1. The SMILES string of the molecule is Cc1ccccc1CSC(C)CNCC1CCCO1. The van der Waals surface area contributed by atoms with Gasteiger partial charge in [0.25, 0.3) is 0 Å². The van der Waals surface area contributed by atoms with E-state index in [-0.39, 0.29) is 0 Å². The minimum Gasteiger partial charge on any atom is -0.377 e. The summed E-state index contributed by atoms with van der Waals surface area (Å²) in [6.07, 6.45) is 2.90. The lowest BCUT2D eigenvalue weighted by molar-refractivity contribution is 0.110. The Morgan fingerprint density at radius 1 is 1.42 bits per heavy atom. The van der Waals surface area contributed by atoms with E-state index in [1.54, 1.807) is 0 Å². The molecule has 0 amide bonds. The number of aryl methyl sites for hydroxylation is 1. The average Bonchev–Trinajstić information content (AvgIpc) is 2.91. The summed E-state index contributed by atoms with van der Waals surface area (Å²) in [6.45, 7) is 7.51. The minimum absolute atomic E-state index is 0.452. The van der Waals surface area contributed by atoms with E-state index in [1.165, 1.54) is 24.0 Å². The Bertz CT molecular complexity index is 377. The predicted octanol–water partition coefficient (Wildman–Crippen LogP) is 3.39. The molecule has 1 aromatic rings. The molecule has 1 N–H and O–H groups in total. The number of ether oxygens (including phenoxy) is 1. The van der Waals surface area contributed by atoms with Crippen molar-refractivity contribution in [1.82, 2.24) is 5.32 Å². The third-order valence-electron chi connectivity index (χ3n) is 3.61. The molecule has 1 aliphatic heterocycles. The van der Waals surface area contributed by atoms with Gasteiger partial charge in [0.1, 0.15) is 0 Å². The van der Waals surface area contributed by atoms with Crippen molar-refractivity contribution in [2.24, 2.45) is 0 Å². The van der Waals surface area contributed by atoms with Crippen LogP contribution in [0.1, 0.15) is 30.9 Å². The first-order valence-corrected chi connectivity index (χ1v) is 8.29. The number of nitrogens with one attached hydrogen (secondary N) is 1. The van der Waals surface area contributed by atoms with Crippen molar-refractivity contribution in [3.63, 3.8) is 0 Å². The van der Waals surface area contributed by atoms with E-state index in [9.17, 15) is 0 Å². The highest BCUT2D eigenvalue weighted by atomic mass is 32.2. The standard InChI is InChI=1S/C16H25NOS/c1-13-6-3-4-7-15(13)12-19-14(2)10-17-11-16-8-5-9-18-16/h3-4,6-7,14,16-17H,5,8-12H2,1-2H3. The maximum Gasteiger partial charge on any atom is 0.0700 e. The third-order valence-corrected chi connectivity index (χ3v) is 4.83. The Balaban J connectivity index is 1.61. The van der Waals surface area contributed by atoms with E-state index < -0.39 is 0 Å². The number of thioether (sulfide) groups is 1. The van der Waals surface area contributed by atoms with E-state index in [1.807, 2.05) is 11.8 Å². The third kappa shape index (κ3) is 5.17. The summed E-state index contributed by atoms with van der Waals surface area (Å²) in [4.78, 5) is 0. The molecule has 0 saturated carbocycles. The van der Waals surface area contributed by atoms with E-state index in [2.05, 4.69) is 43.4 Å². The van der Waals surface area contributed by atoms with Gasteiger partial charge in [-0.15, -0.1) is 0 Å². The van der Waals surface area contributed by atoms with Gasteiger partial charge in [-0.05, 0) is 30.9 Å². The second kappa shape index (κ2) is 7.93. The zero-order valence-electron chi connectivity index (χ0n) is 12.0. The van der Waals surface area contributed by atoms with Crippen LogP contribution in [0.2, 0.25) is 0 Å². The molecule has 0 radical (unpaired) electrons. The minimum atomic E-state index is 0.452. The molecule has 106 valence electrons. The molecule has 1 heterocycles. The van der Waals surface area contributed by atoms with Crippen LogP contribution in [0.5, 0.6) is 0 Å². The zero-order valence-corrected chi connectivity index (χ0v) is 12.8. The highest BCUT2D eigenvalue weighted by molar-refractivity contribution is 7.99. The fourth-order valence-corrected chi connectivity index (χ4v) is 3.34. The quantitative estimate of drug-likeness (QED) is 0.826. The molecule has 2 atom stereocenters. The largest absolute Gasteiger partial charge is 0.377 e. The van der Waals surface area contributed by atoms with Gasteiger partial charge in [-0.2, -0.15) is 11.8 Å². The molecule has 1 aliphatic rings. The van der Waals surface area contributed by atoms with Crippen molar-refractivity contribution in [3.8, 4) is 0 Å². The molecule has 1 aromatic carbocycles. The zero-order chi connectivity index (χ0) is 13.5. The van der Waals surface area contributed by atoms with Crippen LogP contribution in [-0.4, -0.2) is 31.1 Å². The van der Waals surface area contributed by atoms with Crippen molar-refractivity contribution in [2.75, 3.05) is 19.7 Å². The number of hydrogen-bond donors (Lipinski definition) is 1. The van der Waals surface area contributed by atoms with Crippen LogP contribution < -0.4 is 5.32 Å². The van der Waals surface area contributed by atoms with Crippen LogP contribution >= 0.6 is 11.8 Å². The van der Waals surface area contributed by atoms with Crippen LogP contribution in [0.3, 0.4) is 0 Å². The smallest absolute Gasteiger partial charge is 0.0700 e. The van der Waals surface area contributed by atoms with E-state index in [4.69, 9.17) is 4.74 Å². The maximum absolute atomic E-state index is 5.61. The van der Waals surface area contributed by atoms with Crippen LogP contribution in [0.4, 0.5) is 0 Å². The van der Waals surface area contributed by atoms with Gasteiger partial charge >= 0.3 is 0 Å². The Morgan fingerprint density at radius 3 is 3.00 bits per heavy atom. The topological polar surface area (TPSA) is 21.3 Å². The molecule has 0 bridgehead atoms. The Kier molecular flexibility index (Phi) is 6.21. The second-order valence-electron chi connectivity index (χ2n) is 5.34. The fraction of sp³-hybridized carbons (Fsp3) is 0.625. The number of rotatable bonds is 7. The lowest BCUT2D eigenvalue weighted by Gasteiger charge is -2.15. The molecule has 3 heteroatoms. The number of hydrogen-bond acceptors (Lipinski definition) is 3. The maximum atomic E-state index is 5.61. The summed E-state index contributed by atoms with van der Waals surface area (Å²) < 4.78 is 5.61. The number of benzene rings is 1. The average molecular weight is 279 g/mol. The van der Waals surface area contributed by atoms with Crippen molar-refractivity contribution in [2.45, 2.75) is 43.8 Å². The molecule has 0 spiro atoms. The molecular weight excluding hydrogens is 254 g/mol. The summed E-state index contributed by atoms with van der Waals surface area (Å²) in [5, 5.41) is 4.17. The highest BCUT2D eigenvalue weighted by Crippen LogP contribution is 2.19. The first-order chi connectivity index (χ1) is 9.25. The molecule has 1 saturated heterocycles. The molecule has 2 unspecified atom stereocenters. The summed E-state index contributed by atoms with van der Waals surface area (Å²) in [5.41, 5.74) is 2.85. The Hall–Kier alpha value is -0.510. The second-order valence-corrected chi connectivity index (χ2v) is 6.77. The van der Waals surface area contributed by atoms with Crippen LogP contribution in [0.25, 0.3) is 0 Å². The summed E-state index contributed by atoms with van der Waals surface area (Å²) in [5.74, 6) is 1.11. The van der Waals surface area contributed by atoms with E-state index in [0.717, 1.165) is 25.4 Å². The molecule has 19 heavy (non-hydrogen) atoms. The van der Waals surface area contributed by atoms with Gasteiger partial charge in [0, 0.05) is 30.7 Å². The van der Waals surface area contributed by atoms with Crippen LogP contribution in [0, 0.1) is 6.92 Å². The first kappa shape index (κ1) is 14.9. The van der Waals surface area contributed by atoms with Gasteiger partial charge in [-0.3, -0.25) is 0 Å². The van der Waals surface area contributed by atoms with Crippen molar-refractivity contribution in [3.05, 3.63) is 35.4 Å². The molecule has 2 rings (SSSR count). The van der Waals surface area contributed by atoms with Gasteiger partial charge in [-0.1, -0.05) is 31.2 Å². The molecule has 2 nitrogen and oxygen atoms in total. The summed E-state index contributed by atoms with van der Waals surface area (Å²) in [7, 11) is 0. The highest BCUT2D eigenvalue weighted by Gasteiger charge is 2.15. The van der Waals surface area contributed by atoms with Crippen LogP contribution in [0.15, 0.2) is 24.3 Å². The van der Waals surface area contributed by atoms with Gasteiger partial charge in [0.2, 0.25) is 0 Å². The normalized spacial score (nSPS) is 20.6. The first-order valence-electron chi connectivity index (χ1n) is 7.24. The molecule has 0 aromatic heterocycles. The monoisotopic (exact) mass is 279 g/mol. The van der Waals surface area contributed by atoms with Crippen LogP contribution in [-0.2, 0) is 10.5 Å². The summed E-state index contributed by atoms with van der Waals surface area (Å²) in [6, 6.07) is 8.66. The van der Waals surface area contributed by atoms with Gasteiger partial charge < -0.3 is 10.1 Å². The lowest BCUT2D eigenvalue weighted by Crippen LogP contribution is -2.30. The molecule has 1 fully saturated rings. The Labute approximate surface area is 121 Å². The Morgan fingerprint density at radius 2 is 2.26 bits per heavy atom. The van der Waals surface area contributed by atoms with Gasteiger partial charge in [0.05, 0.1) is 6.10 Å².